The van der Waals surface area contributed by atoms with Gasteiger partial charge in [0.15, 0.2) is 11.6 Å². The number of hydrogen-bond acceptors (Lipinski definition) is 6. The quantitative estimate of drug-likeness (QED) is 0.298. The highest BCUT2D eigenvalue weighted by molar-refractivity contribution is 6.38. The first-order valence-corrected chi connectivity index (χ1v) is 15.4. The van der Waals surface area contributed by atoms with Crippen LogP contribution >= 0.6 is 0 Å². The molecule has 3 rings (SSSR count). The summed E-state index contributed by atoms with van der Waals surface area (Å²) in [5.41, 5.74) is 0.995. The normalized spacial score (nSPS) is 22.2. The van der Waals surface area contributed by atoms with Crippen LogP contribution in [0.25, 0.3) is 0 Å². The van der Waals surface area contributed by atoms with Crippen molar-refractivity contribution in [3.05, 3.63) is 35.9 Å². The van der Waals surface area contributed by atoms with Gasteiger partial charge in [0.25, 0.3) is 0 Å². The Kier molecular flexibility index (Phi) is 11.7. The standard InChI is InChI=1S/C33H48N2O6/c1-7-12-24(31(38)28(37)17-22(6)23-13-9-8-10-14-23)18-27(36)30-26-16-11-15-25(26)19-35(30)32(39)29(20(2)3)34-33(40)41-21(4)5/h8-10,13-14,20-22,24-26,29-30H,7,11-12,15-19H2,1-6H3,(H,34,40)/t22-,24?,25-,26-,29?,30?/m0/s1. The zero-order valence-electron chi connectivity index (χ0n) is 25.6. The number of ether oxygens (including phenoxy) is 1. The SMILES string of the molecule is CCCC(CC(=O)C1[C@H]2CCC[C@H]2CN1C(=O)C(NC(=O)OC(C)C)C(C)C)C(=O)C(=O)C[C@H](C)c1ccccc1. The minimum absolute atomic E-state index is 0.0352. The molecule has 1 saturated heterocycles. The van der Waals surface area contributed by atoms with Crippen LogP contribution in [0.1, 0.15) is 98.0 Å². The smallest absolute Gasteiger partial charge is 0.408 e. The summed E-state index contributed by atoms with van der Waals surface area (Å²) >= 11 is 0. The number of nitrogens with zero attached hydrogens (tertiary/aromatic N) is 1. The number of amides is 2. The average molecular weight is 569 g/mol. The van der Waals surface area contributed by atoms with Crippen LogP contribution in [0.4, 0.5) is 4.79 Å². The molecule has 226 valence electrons. The number of nitrogens with one attached hydrogen (secondary N) is 1. The van der Waals surface area contributed by atoms with Crippen molar-refractivity contribution in [2.75, 3.05) is 6.54 Å². The molecule has 2 aliphatic rings. The molecule has 1 aliphatic heterocycles. The van der Waals surface area contributed by atoms with Crippen molar-refractivity contribution < 1.29 is 28.7 Å². The number of alkyl carbamates (subject to hydrolysis) is 1. The zero-order valence-corrected chi connectivity index (χ0v) is 25.6. The van der Waals surface area contributed by atoms with Gasteiger partial charge in [-0.05, 0) is 62.3 Å². The maximum absolute atomic E-state index is 13.9. The topological polar surface area (TPSA) is 110 Å². The van der Waals surface area contributed by atoms with E-state index in [-0.39, 0.29) is 54.3 Å². The minimum Gasteiger partial charge on any atom is -0.447 e. The van der Waals surface area contributed by atoms with Crippen LogP contribution in [-0.4, -0.2) is 59.0 Å². The molecule has 8 nitrogen and oxygen atoms in total. The molecule has 1 aromatic rings. The molecule has 2 fully saturated rings. The predicted octanol–water partition coefficient (Wildman–Crippen LogP) is 5.48. The first-order chi connectivity index (χ1) is 19.4. The van der Waals surface area contributed by atoms with Gasteiger partial charge in [-0.1, -0.05) is 70.9 Å². The van der Waals surface area contributed by atoms with Crippen LogP contribution in [0, 0.1) is 23.7 Å². The number of fused-ring (bicyclic) bond motifs is 1. The lowest BCUT2D eigenvalue weighted by Crippen LogP contribution is -2.55. The van der Waals surface area contributed by atoms with E-state index in [0.29, 0.717) is 19.4 Å². The van der Waals surface area contributed by atoms with Gasteiger partial charge >= 0.3 is 6.09 Å². The van der Waals surface area contributed by atoms with Crippen LogP contribution in [0.5, 0.6) is 0 Å². The Bertz CT molecular complexity index is 1080. The zero-order chi connectivity index (χ0) is 30.3. The fraction of sp³-hybridized carbons (Fsp3) is 0.667. The molecule has 0 spiro atoms. The average Bonchev–Trinajstić information content (AvgIpc) is 3.52. The molecule has 2 amide bonds. The van der Waals surface area contributed by atoms with Crippen molar-refractivity contribution in [3.8, 4) is 0 Å². The fourth-order valence-electron chi connectivity index (χ4n) is 6.56. The molecular formula is C33H48N2O6. The van der Waals surface area contributed by atoms with E-state index in [4.69, 9.17) is 4.74 Å². The molecule has 0 radical (unpaired) electrons. The second-order valence-electron chi connectivity index (χ2n) is 12.6. The summed E-state index contributed by atoms with van der Waals surface area (Å²) in [6, 6.07) is 8.15. The summed E-state index contributed by atoms with van der Waals surface area (Å²) in [5, 5.41) is 2.71. The van der Waals surface area contributed by atoms with E-state index in [0.717, 1.165) is 24.8 Å². The molecule has 0 bridgehead atoms. The van der Waals surface area contributed by atoms with E-state index in [9.17, 15) is 24.0 Å². The Morgan fingerprint density at radius 2 is 1.66 bits per heavy atom. The second kappa shape index (κ2) is 14.7. The number of hydrogen-bond donors (Lipinski definition) is 1. The highest BCUT2D eigenvalue weighted by Crippen LogP contribution is 2.43. The molecular weight excluding hydrogens is 520 g/mol. The number of likely N-dealkylation sites (tertiary alicyclic amines) is 1. The third-order valence-electron chi connectivity index (χ3n) is 8.64. The summed E-state index contributed by atoms with van der Waals surface area (Å²) in [6.45, 7) is 11.5. The molecule has 1 N–H and O–H groups in total. The van der Waals surface area contributed by atoms with E-state index in [1.54, 1.807) is 18.7 Å². The number of carbonyl (C=O) groups is 5. The Labute approximate surface area is 245 Å². The van der Waals surface area contributed by atoms with Gasteiger partial charge in [0, 0.05) is 25.3 Å². The number of benzene rings is 1. The highest BCUT2D eigenvalue weighted by atomic mass is 16.6. The molecule has 8 heteroatoms. The Balaban J connectivity index is 1.76. The molecule has 1 aromatic carbocycles. The van der Waals surface area contributed by atoms with Crippen molar-refractivity contribution in [2.45, 2.75) is 111 Å². The van der Waals surface area contributed by atoms with Gasteiger partial charge in [0.05, 0.1) is 12.1 Å². The van der Waals surface area contributed by atoms with Crippen LogP contribution in [0.2, 0.25) is 0 Å². The van der Waals surface area contributed by atoms with E-state index in [2.05, 4.69) is 5.32 Å². The third kappa shape index (κ3) is 8.26. The highest BCUT2D eigenvalue weighted by Gasteiger charge is 2.51. The first-order valence-electron chi connectivity index (χ1n) is 15.4. The van der Waals surface area contributed by atoms with Gasteiger partial charge in [-0.25, -0.2) is 4.79 Å². The number of rotatable bonds is 14. The molecule has 1 heterocycles. The van der Waals surface area contributed by atoms with Crippen molar-refractivity contribution in [3.63, 3.8) is 0 Å². The lowest BCUT2D eigenvalue weighted by atomic mass is 9.83. The van der Waals surface area contributed by atoms with Gasteiger partial charge in [0.1, 0.15) is 6.04 Å². The summed E-state index contributed by atoms with van der Waals surface area (Å²) < 4.78 is 5.22. The van der Waals surface area contributed by atoms with E-state index < -0.39 is 35.7 Å². The molecule has 41 heavy (non-hydrogen) atoms. The third-order valence-corrected chi connectivity index (χ3v) is 8.64. The Morgan fingerprint density at radius 1 is 0.976 bits per heavy atom. The lowest BCUT2D eigenvalue weighted by Gasteiger charge is -2.32. The van der Waals surface area contributed by atoms with Crippen molar-refractivity contribution in [1.82, 2.24) is 10.2 Å². The number of ketones is 3. The maximum Gasteiger partial charge on any atom is 0.408 e. The minimum atomic E-state index is -0.829. The first kappa shape index (κ1) is 32.5. The van der Waals surface area contributed by atoms with Crippen LogP contribution < -0.4 is 5.32 Å². The predicted molar refractivity (Wildman–Crippen MR) is 157 cm³/mol. The van der Waals surface area contributed by atoms with Crippen molar-refractivity contribution in [1.29, 1.82) is 0 Å². The number of Topliss-reactive ketones (excluding diaryl/α,β-unsaturated/α-hetero) is 3. The summed E-state index contributed by atoms with van der Waals surface area (Å²) in [5.74, 6) is -2.13. The second-order valence-corrected chi connectivity index (χ2v) is 12.6. The molecule has 0 aromatic heterocycles. The van der Waals surface area contributed by atoms with Crippen LogP contribution in [-0.2, 0) is 23.9 Å². The van der Waals surface area contributed by atoms with E-state index in [1.807, 2.05) is 58.0 Å². The van der Waals surface area contributed by atoms with Crippen LogP contribution in [0.3, 0.4) is 0 Å². The van der Waals surface area contributed by atoms with Gasteiger partial charge in [-0.2, -0.15) is 0 Å². The Morgan fingerprint density at radius 3 is 2.27 bits per heavy atom. The van der Waals surface area contributed by atoms with Crippen LogP contribution in [0.15, 0.2) is 30.3 Å². The van der Waals surface area contributed by atoms with Gasteiger partial charge in [-0.3, -0.25) is 19.2 Å². The molecule has 1 saturated carbocycles. The van der Waals surface area contributed by atoms with Crippen molar-refractivity contribution >= 4 is 29.4 Å². The summed E-state index contributed by atoms with van der Waals surface area (Å²) in [7, 11) is 0. The summed E-state index contributed by atoms with van der Waals surface area (Å²) in [4.78, 5) is 68.2. The fourth-order valence-corrected chi connectivity index (χ4v) is 6.56. The van der Waals surface area contributed by atoms with E-state index >= 15 is 0 Å². The lowest BCUT2D eigenvalue weighted by molar-refractivity contribution is -0.143. The monoisotopic (exact) mass is 568 g/mol. The maximum atomic E-state index is 13.9. The molecule has 1 aliphatic carbocycles. The van der Waals surface area contributed by atoms with Gasteiger partial charge in [0.2, 0.25) is 11.7 Å². The largest absolute Gasteiger partial charge is 0.447 e. The van der Waals surface area contributed by atoms with Gasteiger partial charge in [-0.15, -0.1) is 0 Å². The summed E-state index contributed by atoms with van der Waals surface area (Å²) in [6.07, 6.45) is 2.97. The molecule has 3 unspecified atom stereocenters. The number of carbonyl (C=O) groups excluding carboxylic acids is 5. The van der Waals surface area contributed by atoms with Gasteiger partial charge < -0.3 is 15.0 Å². The molecule has 6 atom stereocenters. The van der Waals surface area contributed by atoms with E-state index in [1.165, 1.54) is 0 Å². The Hall–Kier alpha value is -3.03. The van der Waals surface area contributed by atoms with Crippen molar-refractivity contribution in [2.24, 2.45) is 23.7 Å².